The number of rotatable bonds is 3. The van der Waals surface area contributed by atoms with Crippen LogP contribution in [0.5, 0.6) is 0 Å². The number of hydrogen-bond donors (Lipinski definition) is 2. The summed E-state index contributed by atoms with van der Waals surface area (Å²) < 4.78 is 0. The van der Waals surface area contributed by atoms with Gasteiger partial charge in [-0.2, -0.15) is 0 Å². The highest BCUT2D eigenvalue weighted by Crippen LogP contribution is 2.25. The first-order chi connectivity index (χ1) is 9.11. The van der Waals surface area contributed by atoms with Crippen molar-refractivity contribution >= 4 is 17.3 Å². The normalized spacial score (nSPS) is 16.4. The van der Waals surface area contributed by atoms with Crippen LogP contribution < -0.4 is 16.0 Å². The van der Waals surface area contributed by atoms with E-state index in [1.165, 1.54) is 0 Å². The Bertz CT molecular complexity index is 453. The van der Waals surface area contributed by atoms with Crippen LogP contribution in [0.15, 0.2) is 18.2 Å². The van der Waals surface area contributed by atoms with Gasteiger partial charge in [0.25, 0.3) is 5.91 Å². The maximum absolute atomic E-state index is 11.9. The van der Waals surface area contributed by atoms with E-state index in [0.29, 0.717) is 12.1 Å². The summed E-state index contributed by atoms with van der Waals surface area (Å²) in [6, 6.07) is 5.49. The molecule has 19 heavy (non-hydrogen) atoms. The number of nitrogens with one attached hydrogen (secondary N) is 1. The van der Waals surface area contributed by atoms with Gasteiger partial charge in [0, 0.05) is 38.3 Å². The number of nitrogens with two attached hydrogens (primary N) is 1. The Kier molecular flexibility index (Phi) is 4.27. The lowest BCUT2D eigenvalue weighted by Crippen LogP contribution is -2.44. The Labute approximate surface area is 114 Å². The van der Waals surface area contributed by atoms with Crippen molar-refractivity contribution in [2.75, 3.05) is 50.4 Å². The molecular formula is C14H22N4O. The third kappa shape index (κ3) is 3.17. The molecule has 1 aromatic carbocycles. The second kappa shape index (κ2) is 5.93. The summed E-state index contributed by atoms with van der Waals surface area (Å²) in [5.74, 6) is -0.0436. The van der Waals surface area contributed by atoms with Gasteiger partial charge in [0.05, 0.1) is 11.4 Å². The molecule has 0 atom stereocenters. The Morgan fingerprint density at radius 3 is 2.63 bits per heavy atom. The largest absolute Gasteiger partial charge is 0.397 e. The van der Waals surface area contributed by atoms with E-state index in [9.17, 15) is 4.79 Å². The number of anilines is 2. The minimum absolute atomic E-state index is 0.0436. The highest BCUT2D eigenvalue weighted by Gasteiger charge is 2.17. The molecule has 0 radical (unpaired) electrons. The van der Waals surface area contributed by atoms with E-state index in [1.807, 2.05) is 19.1 Å². The minimum atomic E-state index is -0.0436. The number of likely N-dealkylation sites (N-methyl/N-ethyl adjacent to an activating group) is 1. The van der Waals surface area contributed by atoms with Crippen LogP contribution in [0.3, 0.4) is 0 Å². The molecule has 0 unspecified atom stereocenters. The van der Waals surface area contributed by atoms with E-state index >= 15 is 0 Å². The molecule has 0 aliphatic carbocycles. The van der Waals surface area contributed by atoms with Gasteiger partial charge in [-0.15, -0.1) is 0 Å². The number of benzene rings is 1. The van der Waals surface area contributed by atoms with Crippen LogP contribution in [0.25, 0.3) is 0 Å². The maximum atomic E-state index is 11.9. The van der Waals surface area contributed by atoms with Crippen molar-refractivity contribution in [3.05, 3.63) is 23.8 Å². The third-order valence-electron chi connectivity index (χ3n) is 3.47. The van der Waals surface area contributed by atoms with E-state index in [4.69, 9.17) is 5.73 Å². The fourth-order valence-electron chi connectivity index (χ4n) is 2.27. The van der Waals surface area contributed by atoms with Gasteiger partial charge in [0.1, 0.15) is 0 Å². The van der Waals surface area contributed by atoms with Crippen molar-refractivity contribution in [1.29, 1.82) is 0 Å². The van der Waals surface area contributed by atoms with E-state index in [0.717, 1.165) is 37.6 Å². The summed E-state index contributed by atoms with van der Waals surface area (Å²) in [5, 5.41) is 2.81. The zero-order valence-corrected chi connectivity index (χ0v) is 11.6. The average molecular weight is 262 g/mol. The summed E-state index contributed by atoms with van der Waals surface area (Å²) >= 11 is 0. The lowest BCUT2D eigenvalue weighted by atomic mass is 10.1. The highest BCUT2D eigenvalue weighted by atomic mass is 16.1. The smallest absolute Gasteiger partial charge is 0.251 e. The first-order valence-electron chi connectivity index (χ1n) is 6.73. The number of nitrogens with zero attached hydrogens (tertiary/aromatic N) is 2. The molecule has 0 saturated carbocycles. The molecular weight excluding hydrogens is 240 g/mol. The standard InChI is InChI=1S/C14H22N4O/c1-3-16-14(19)11-4-5-12(15)13(10-11)18-8-6-17(2)7-9-18/h4-5,10H,3,6-9,15H2,1-2H3,(H,16,19). The molecule has 104 valence electrons. The molecule has 0 aromatic heterocycles. The molecule has 1 saturated heterocycles. The maximum Gasteiger partial charge on any atom is 0.251 e. The van der Waals surface area contributed by atoms with Gasteiger partial charge in [-0.3, -0.25) is 4.79 Å². The van der Waals surface area contributed by atoms with Crippen LogP contribution in [0.1, 0.15) is 17.3 Å². The Hall–Kier alpha value is -1.75. The summed E-state index contributed by atoms with van der Waals surface area (Å²) in [7, 11) is 2.12. The molecule has 1 amide bonds. The fourth-order valence-corrected chi connectivity index (χ4v) is 2.27. The summed E-state index contributed by atoms with van der Waals surface area (Å²) in [6.45, 7) is 6.47. The zero-order valence-electron chi connectivity index (χ0n) is 11.6. The quantitative estimate of drug-likeness (QED) is 0.790. The van der Waals surface area contributed by atoms with Crippen molar-refractivity contribution in [2.24, 2.45) is 0 Å². The van der Waals surface area contributed by atoms with Crippen LogP contribution in [-0.2, 0) is 0 Å². The minimum Gasteiger partial charge on any atom is -0.397 e. The van der Waals surface area contributed by atoms with Gasteiger partial charge < -0.3 is 20.9 Å². The first-order valence-corrected chi connectivity index (χ1v) is 6.73. The van der Waals surface area contributed by atoms with Crippen molar-refractivity contribution in [3.63, 3.8) is 0 Å². The van der Waals surface area contributed by atoms with E-state index in [2.05, 4.69) is 22.2 Å². The SMILES string of the molecule is CCNC(=O)c1ccc(N)c(N2CCN(C)CC2)c1. The number of piperazine rings is 1. The monoisotopic (exact) mass is 262 g/mol. The van der Waals surface area contributed by atoms with E-state index in [1.54, 1.807) is 6.07 Å². The van der Waals surface area contributed by atoms with Gasteiger partial charge >= 0.3 is 0 Å². The number of hydrogen-bond acceptors (Lipinski definition) is 4. The molecule has 5 nitrogen and oxygen atoms in total. The number of carbonyl (C=O) groups excluding carboxylic acids is 1. The Morgan fingerprint density at radius 2 is 2.00 bits per heavy atom. The molecule has 1 fully saturated rings. The van der Waals surface area contributed by atoms with Crippen LogP contribution in [0, 0.1) is 0 Å². The first kappa shape index (κ1) is 13.7. The van der Waals surface area contributed by atoms with Crippen molar-refractivity contribution in [3.8, 4) is 0 Å². The number of carbonyl (C=O) groups is 1. The molecule has 3 N–H and O–H groups in total. The molecule has 1 aliphatic heterocycles. The van der Waals surface area contributed by atoms with Gasteiger partial charge in [0.2, 0.25) is 0 Å². The van der Waals surface area contributed by atoms with Crippen molar-refractivity contribution in [2.45, 2.75) is 6.92 Å². The molecule has 1 heterocycles. The average Bonchev–Trinajstić information content (AvgIpc) is 2.41. The van der Waals surface area contributed by atoms with Crippen LogP contribution in [0.4, 0.5) is 11.4 Å². The molecule has 0 spiro atoms. The highest BCUT2D eigenvalue weighted by molar-refractivity contribution is 5.96. The van der Waals surface area contributed by atoms with Crippen LogP contribution in [0.2, 0.25) is 0 Å². The second-order valence-corrected chi connectivity index (χ2v) is 4.92. The van der Waals surface area contributed by atoms with Crippen LogP contribution >= 0.6 is 0 Å². The second-order valence-electron chi connectivity index (χ2n) is 4.92. The summed E-state index contributed by atoms with van der Waals surface area (Å²) in [5.41, 5.74) is 8.42. The zero-order chi connectivity index (χ0) is 13.8. The Balaban J connectivity index is 2.19. The van der Waals surface area contributed by atoms with Crippen molar-refractivity contribution < 1.29 is 4.79 Å². The summed E-state index contributed by atoms with van der Waals surface area (Å²) in [4.78, 5) is 16.4. The molecule has 2 rings (SSSR count). The third-order valence-corrected chi connectivity index (χ3v) is 3.47. The van der Waals surface area contributed by atoms with Crippen molar-refractivity contribution in [1.82, 2.24) is 10.2 Å². The molecule has 1 aromatic rings. The van der Waals surface area contributed by atoms with Gasteiger partial charge in [-0.05, 0) is 32.2 Å². The Morgan fingerprint density at radius 1 is 1.32 bits per heavy atom. The molecule has 1 aliphatic rings. The molecule has 5 heteroatoms. The van der Waals surface area contributed by atoms with E-state index < -0.39 is 0 Å². The number of nitrogen functional groups attached to an aromatic ring is 1. The number of amides is 1. The van der Waals surface area contributed by atoms with Crippen LogP contribution in [-0.4, -0.2) is 50.6 Å². The summed E-state index contributed by atoms with van der Waals surface area (Å²) in [6.07, 6.45) is 0. The van der Waals surface area contributed by atoms with Gasteiger partial charge in [-0.1, -0.05) is 0 Å². The van der Waals surface area contributed by atoms with E-state index in [-0.39, 0.29) is 5.91 Å². The fraction of sp³-hybridized carbons (Fsp3) is 0.500. The van der Waals surface area contributed by atoms with Gasteiger partial charge in [-0.25, -0.2) is 0 Å². The predicted molar refractivity (Wildman–Crippen MR) is 78.6 cm³/mol. The predicted octanol–water partition coefficient (Wildman–Crippen LogP) is 0.770. The lowest BCUT2D eigenvalue weighted by Gasteiger charge is -2.34. The topological polar surface area (TPSA) is 61.6 Å². The van der Waals surface area contributed by atoms with Gasteiger partial charge in [0.15, 0.2) is 0 Å². The molecule has 0 bridgehead atoms. The lowest BCUT2D eigenvalue weighted by molar-refractivity contribution is 0.0956.